The first-order valence-electron chi connectivity index (χ1n) is 8.80. The highest BCUT2D eigenvalue weighted by Crippen LogP contribution is 2.22. The molecule has 0 atom stereocenters. The van der Waals surface area contributed by atoms with Crippen molar-refractivity contribution in [2.24, 2.45) is 0 Å². The van der Waals surface area contributed by atoms with Gasteiger partial charge in [-0.25, -0.2) is 4.79 Å². The number of anilines is 3. The Morgan fingerprint density at radius 2 is 1.44 bits per heavy atom. The number of nitrogens with zero attached hydrogens (tertiary/aromatic N) is 1. The summed E-state index contributed by atoms with van der Waals surface area (Å²) in [5.41, 5.74) is 2.71. The molecule has 0 radical (unpaired) electrons. The maximum absolute atomic E-state index is 12.1. The molecule has 2 aromatic rings. The Labute approximate surface area is 149 Å². The molecule has 1 aliphatic rings. The molecular weight excluding hydrogens is 314 g/mol. The molecule has 3 rings (SSSR count). The monoisotopic (exact) mass is 339 g/mol. The van der Waals surface area contributed by atoms with Crippen LogP contribution in [-0.4, -0.2) is 25.2 Å². The Morgan fingerprint density at radius 3 is 1.96 bits per heavy atom. The number of hydrogen-bond donors (Lipinski definition) is 2. The van der Waals surface area contributed by atoms with E-state index < -0.39 is 0 Å². The van der Waals surface area contributed by atoms with Crippen molar-refractivity contribution in [3.63, 3.8) is 0 Å². The van der Waals surface area contributed by atoms with Crippen LogP contribution >= 0.6 is 0 Å². The third kappa shape index (κ3) is 4.89. The zero-order valence-electron chi connectivity index (χ0n) is 14.8. The summed E-state index contributed by atoms with van der Waals surface area (Å²) in [4.78, 5) is 14.5. The number of amides is 2. The fourth-order valence-electron chi connectivity index (χ4n) is 2.91. The predicted molar refractivity (Wildman–Crippen MR) is 103 cm³/mol. The molecule has 2 amide bonds. The maximum Gasteiger partial charge on any atom is 0.323 e. The number of carbonyl (C=O) groups excluding carboxylic acids is 1. The first-order valence-corrected chi connectivity index (χ1v) is 8.80. The highest BCUT2D eigenvalue weighted by atomic mass is 16.5. The summed E-state index contributed by atoms with van der Waals surface area (Å²) in [6.07, 6.45) is 2.64. The van der Waals surface area contributed by atoms with E-state index in [9.17, 15) is 4.79 Å². The molecule has 0 saturated carbocycles. The topological polar surface area (TPSA) is 53.6 Å². The van der Waals surface area contributed by atoms with Crippen LogP contribution in [0.4, 0.5) is 21.9 Å². The van der Waals surface area contributed by atoms with Crippen molar-refractivity contribution in [3.8, 4) is 5.75 Å². The van der Waals surface area contributed by atoms with Crippen LogP contribution in [0.15, 0.2) is 48.5 Å². The summed E-state index contributed by atoms with van der Waals surface area (Å²) in [7, 11) is 0. The second kappa shape index (κ2) is 7.92. The molecule has 132 valence electrons. The average molecular weight is 339 g/mol. The molecule has 0 spiro atoms. The van der Waals surface area contributed by atoms with E-state index in [1.165, 1.54) is 18.5 Å². The quantitative estimate of drug-likeness (QED) is 0.829. The first kappa shape index (κ1) is 17.1. The minimum absolute atomic E-state index is 0.130. The van der Waals surface area contributed by atoms with Gasteiger partial charge in [0.2, 0.25) is 0 Å². The Hall–Kier alpha value is -2.69. The Bertz CT molecular complexity index is 690. The van der Waals surface area contributed by atoms with Crippen LogP contribution in [0.25, 0.3) is 0 Å². The van der Waals surface area contributed by atoms with Gasteiger partial charge < -0.3 is 20.3 Å². The first-order chi connectivity index (χ1) is 12.1. The van der Waals surface area contributed by atoms with Gasteiger partial charge in [0, 0.05) is 30.2 Å². The third-order valence-corrected chi connectivity index (χ3v) is 4.08. The molecule has 1 saturated heterocycles. The predicted octanol–water partition coefficient (Wildman–Crippen LogP) is 4.72. The van der Waals surface area contributed by atoms with E-state index in [2.05, 4.69) is 27.7 Å². The molecule has 2 N–H and O–H groups in total. The van der Waals surface area contributed by atoms with Gasteiger partial charge in [-0.05, 0) is 75.2 Å². The van der Waals surface area contributed by atoms with Crippen LogP contribution in [0.5, 0.6) is 5.75 Å². The second-order valence-electron chi connectivity index (χ2n) is 6.51. The van der Waals surface area contributed by atoms with Gasteiger partial charge in [-0.1, -0.05) is 0 Å². The molecule has 1 aliphatic heterocycles. The molecule has 25 heavy (non-hydrogen) atoms. The Kier molecular flexibility index (Phi) is 5.43. The van der Waals surface area contributed by atoms with Gasteiger partial charge in [0.25, 0.3) is 0 Å². The van der Waals surface area contributed by atoms with Gasteiger partial charge in [-0.2, -0.15) is 0 Å². The van der Waals surface area contributed by atoms with Crippen molar-refractivity contribution < 1.29 is 9.53 Å². The van der Waals surface area contributed by atoms with Crippen molar-refractivity contribution in [1.29, 1.82) is 0 Å². The minimum atomic E-state index is -0.258. The Balaban J connectivity index is 1.53. The van der Waals surface area contributed by atoms with Gasteiger partial charge in [0.15, 0.2) is 0 Å². The molecule has 5 nitrogen and oxygen atoms in total. The second-order valence-corrected chi connectivity index (χ2v) is 6.51. The molecule has 0 aromatic heterocycles. The highest BCUT2D eigenvalue weighted by molar-refractivity contribution is 5.99. The summed E-state index contributed by atoms with van der Waals surface area (Å²) >= 11 is 0. The van der Waals surface area contributed by atoms with Crippen molar-refractivity contribution in [3.05, 3.63) is 48.5 Å². The number of nitrogens with one attached hydrogen (secondary N) is 2. The van der Waals surface area contributed by atoms with Crippen molar-refractivity contribution >= 4 is 23.1 Å². The number of carbonyl (C=O) groups is 1. The van der Waals surface area contributed by atoms with Gasteiger partial charge in [0.05, 0.1) is 6.10 Å². The van der Waals surface area contributed by atoms with E-state index in [0.717, 1.165) is 30.2 Å². The number of benzene rings is 2. The summed E-state index contributed by atoms with van der Waals surface area (Å²) in [5, 5.41) is 5.68. The van der Waals surface area contributed by atoms with Crippen LogP contribution < -0.4 is 20.3 Å². The summed E-state index contributed by atoms with van der Waals surface area (Å²) in [5.74, 6) is 0.790. The number of rotatable bonds is 5. The maximum atomic E-state index is 12.1. The van der Waals surface area contributed by atoms with Gasteiger partial charge in [0.1, 0.15) is 5.75 Å². The molecule has 2 aromatic carbocycles. The lowest BCUT2D eigenvalue weighted by molar-refractivity contribution is 0.242. The smallest absolute Gasteiger partial charge is 0.323 e. The van der Waals surface area contributed by atoms with Gasteiger partial charge in [-0.3, -0.25) is 0 Å². The fraction of sp³-hybridized carbons (Fsp3) is 0.350. The molecule has 0 unspecified atom stereocenters. The van der Waals surface area contributed by atoms with Crippen LogP contribution in [-0.2, 0) is 0 Å². The standard InChI is InChI=1S/C20H25N3O2/c1-15(2)25-19-11-7-17(8-12-19)22-20(24)21-16-5-9-18(10-6-16)23-13-3-4-14-23/h5-12,15H,3-4,13-14H2,1-2H3,(H2,21,22,24). The average Bonchev–Trinajstić information content (AvgIpc) is 3.11. The van der Waals surface area contributed by atoms with E-state index in [0.29, 0.717) is 0 Å². The number of ether oxygens (including phenoxy) is 1. The normalized spacial score (nSPS) is 13.8. The van der Waals surface area contributed by atoms with E-state index in [1.54, 1.807) is 0 Å². The fourth-order valence-corrected chi connectivity index (χ4v) is 2.91. The third-order valence-electron chi connectivity index (χ3n) is 4.08. The van der Waals surface area contributed by atoms with Gasteiger partial charge in [-0.15, -0.1) is 0 Å². The molecule has 5 heteroatoms. The summed E-state index contributed by atoms with van der Waals surface area (Å²) in [6.45, 7) is 6.19. The van der Waals surface area contributed by atoms with Crippen molar-refractivity contribution in [1.82, 2.24) is 0 Å². The SMILES string of the molecule is CC(C)Oc1ccc(NC(=O)Nc2ccc(N3CCCC3)cc2)cc1. The molecule has 0 bridgehead atoms. The van der Waals surface area contributed by atoms with E-state index in [-0.39, 0.29) is 12.1 Å². The lowest BCUT2D eigenvalue weighted by Crippen LogP contribution is -2.20. The van der Waals surface area contributed by atoms with Crippen LogP contribution in [0.3, 0.4) is 0 Å². The summed E-state index contributed by atoms with van der Waals surface area (Å²) in [6, 6.07) is 15.1. The van der Waals surface area contributed by atoms with Gasteiger partial charge >= 0.3 is 6.03 Å². The largest absolute Gasteiger partial charge is 0.491 e. The number of hydrogen-bond acceptors (Lipinski definition) is 3. The highest BCUT2D eigenvalue weighted by Gasteiger charge is 2.12. The van der Waals surface area contributed by atoms with E-state index in [4.69, 9.17) is 4.74 Å². The Morgan fingerprint density at radius 1 is 0.920 bits per heavy atom. The van der Waals surface area contributed by atoms with Crippen molar-refractivity contribution in [2.45, 2.75) is 32.8 Å². The zero-order chi connectivity index (χ0) is 17.6. The molecular formula is C20H25N3O2. The van der Waals surface area contributed by atoms with E-state index >= 15 is 0 Å². The van der Waals surface area contributed by atoms with Crippen molar-refractivity contribution in [2.75, 3.05) is 28.6 Å². The molecule has 0 aliphatic carbocycles. The van der Waals surface area contributed by atoms with Crippen LogP contribution in [0, 0.1) is 0 Å². The number of urea groups is 1. The summed E-state index contributed by atoms with van der Waals surface area (Å²) < 4.78 is 5.59. The van der Waals surface area contributed by atoms with Crippen LogP contribution in [0.1, 0.15) is 26.7 Å². The molecule has 1 fully saturated rings. The van der Waals surface area contributed by atoms with Crippen LogP contribution in [0.2, 0.25) is 0 Å². The van der Waals surface area contributed by atoms with E-state index in [1.807, 2.05) is 50.2 Å². The lowest BCUT2D eigenvalue weighted by atomic mass is 10.2. The zero-order valence-corrected chi connectivity index (χ0v) is 14.8. The molecule has 1 heterocycles. The lowest BCUT2D eigenvalue weighted by Gasteiger charge is -2.17. The minimum Gasteiger partial charge on any atom is -0.491 e.